The molecular weight excluding hydrogens is 306 g/mol. The Morgan fingerprint density at radius 1 is 1.25 bits per heavy atom. The van der Waals surface area contributed by atoms with Gasteiger partial charge in [-0.15, -0.1) is 0 Å². The van der Waals surface area contributed by atoms with Gasteiger partial charge in [-0.1, -0.05) is 0 Å². The van der Waals surface area contributed by atoms with Crippen molar-refractivity contribution in [3.8, 4) is 11.1 Å². The van der Waals surface area contributed by atoms with Gasteiger partial charge < -0.3 is 11.1 Å². The lowest BCUT2D eigenvalue weighted by Crippen LogP contribution is -2.40. The Morgan fingerprint density at radius 3 is 2.75 bits per heavy atom. The summed E-state index contributed by atoms with van der Waals surface area (Å²) in [5.41, 5.74) is 9.42. The number of pyridine rings is 2. The Kier molecular flexibility index (Phi) is 4.16. The second-order valence-electron chi connectivity index (χ2n) is 5.74. The third-order valence-electron chi connectivity index (χ3n) is 4.18. The van der Waals surface area contributed by atoms with Crippen molar-refractivity contribution in [3.63, 3.8) is 0 Å². The molecule has 1 aliphatic rings. The van der Waals surface area contributed by atoms with Crippen molar-refractivity contribution in [2.75, 3.05) is 18.5 Å². The maximum absolute atomic E-state index is 11.8. The third kappa shape index (κ3) is 2.80. The molecule has 0 aliphatic carbocycles. The molecule has 0 atom stereocenters. The molecule has 124 valence electrons. The first-order valence-corrected chi connectivity index (χ1v) is 7.76. The summed E-state index contributed by atoms with van der Waals surface area (Å²) < 4.78 is 0. The highest BCUT2D eigenvalue weighted by atomic mass is 16.2. The summed E-state index contributed by atoms with van der Waals surface area (Å²) in [6, 6.07) is 3.31. The highest BCUT2D eigenvalue weighted by molar-refractivity contribution is 5.95. The van der Waals surface area contributed by atoms with Gasteiger partial charge in [0.05, 0.1) is 5.56 Å². The smallest absolute Gasteiger partial charge is 0.320 e. The van der Waals surface area contributed by atoms with Crippen LogP contribution in [0.15, 0.2) is 24.5 Å². The largest absolute Gasteiger partial charge is 0.355 e. The zero-order valence-electron chi connectivity index (χ0n) is 13.7. The van der Waals surface area contributed by atoms with Crippen LogP contribution in [-0.4, -0.2) is 35.5 Å². The van der Waals surface area contributed by atoms with Crippen molar-refractivity contribution < 1.29 is 9.59 Å². The summed E-state index contributed by atoms with van der Waals surface area (Å²) in [4.78, 5) is 33.6. The van der Waals surface area contributed by atoms with Gasteiger partial charge in [0.25, 0.3) is 5.91 Å². The van der Waals surface area contributed by atoms with Crippen LogP contribution >= 0.6 is 0 Å². The number of nitrogens with zero attached hydrogens (tertiary/aromatic N) is 3. The second-order valence-corrected chi connectivity index (χ2v) is 5.74. The fourth-order valence-electron chi connectivity index (χ4n) is 2.92. The molecule has 0 fully saturated rings. The summed E-state index contributed by atoms with van der Waals surface area (Å²) >= 11 is 0. The number of carbonyl (C=O) groups is 2. The van der Waals surface area contributed by atoms with Crippen LogP contribution in [0.2, 0.25) is 0 Å². The molecule has 0 spiro atoms. The number of aromatic nitrogens is 2. The fraction of sp³-hybridized carbons (Fsp3) is 0.294. The fourth-order valence-corrected chi connectivity index (χ4v) is 2.92. The average molecular weight is 325 g/mol. The molecule has 7 heteroatoms. The predicted molar refractivity (Wildman–Crippen MR) is 90.8 cm³/mol. The van der Waals surface area contributed by atoms with Crippen LogP contribution in [0.1, 0.15) is 28.0 Å². The van der Waals surface area contributed by atoms with E-state index in [-0.39, 0.29) is 5.91 Å². The van der Waals surface area contributed by atoms with Crippen LogP contribution < -0.4 is 16.0 Å². The minimum absolute atomic E-state index is 0.186. The molecule has 1 aliphatic heterocycles. The van der Waals surface area contributed by atoms with Crippen LogP contribution in [-0.2, 0) is 6.42 Å². The van der Waals surface area contributed by atoms with Gasteiger partial charge in [0.15, 0.2) is 0 Å². The number of hydrogen-bond donors (Lipinski definition) is 2. The quantitative estimate of drug-likeness (QED) is 0.876. The standard InChI is InChI=1S/C17H19N5O2/c1-10-14(7-13(9-20-10)16(23)19-2)12-6-11-4-3-5-22(17(18)24)15(11)21-8-12/h6-9H,3-5H2,1-2H3,(H2,18,24)(H,19,23). The van der Waals surface area contributed by atoms with Crippen molar-refractivity contribution in [2.45, 2.75) is 19.8 Å². The van der Waals surface area contributed by atoms with Crippen molar-refractivity contribution >= 4 is 17.8 Å². The first-order valence-electron chi connectivity index (χ1n) is 7.76. The molecule has 2 aromatic rings. The maximum atomic E-state index is 11.8. The van der Waals surface area contributed by atoms with Crippen molar-refractivity contribution in [1.29, 1.82) is 0 Å². The highest BCUT2D eigenvalue weighted by Crippen LogP contribution is 2.30. The van der Waals surface area contributed by atoms with E-state index in [0.717, 1.165) is 35.2 Å². The molecule has 7 nitrogen and oxygen atoms in total. The predicted octanol–water partition coefficient (Wildman–Crippen LogP) is 1.64. The summed E-state index contributed by atoms with van der Waals surface area (Å²) in [5.74, 6) is 0.431. The molecule has 24 heavy (non-hydrogen) atoms. The number of fused-ring (bicyclic) bond motifs is 1. The van der Waals surface area contributed by atoms with Gasteiger partial charge in [0.2, 0.25) is 0 Å². The third-order valence-corrected chi connectivity index (χ3v) is 4.18. The van der Waals surface area contributed by atoms with Crippen molar-refractivity contribution in [3.05, 3.63) is 41.3 Å². The molecule has 0 bridgehead atoms. The molecule has 0 saturated heterocycles. The number of aryl methyl sites for hydroxylation is 2. The van der Waals surface area contributed by atoms with Crippen LogP contribution in [0.25, 0.3) is 11.1 Å². The van der Waals surface area contributed by atoms with Gasteiger partial charge in [-0.05, 0) is 37.5 Å². The number of amides is 3. The molecule has 0 saturated carbocycles. The molecule has 3 rings (SSSR count). The van der Waals surface area contributed by atoms with Gasteiger partial charge in [-0.3, -0.25) is 14.7 Å². The van der Waals surface area contributed by atoms with E-state index in [1.165, 1.54) is 4.90 Å². The normalized spacial score (nSPS) is 13.3. The van der Waals surface area contributed by atoms with Crippen LogP contribution in [0.4, 0.5) is 10.6 Å². The Hall–Kier alpha value is -2.96. The van der Waals surface area contributed by atoms with Gasteiger partial charge in [-0.25, -0.2) is 9.78 Å². The minimum atomic E-state index is -0.490. The topological polar surface area (TPSA) is 101 Å². The number of anilines is 1. The van der Waals surface area contributed by atoms with E-state index in [1.54, 1.807) is 25.5 Å². The second kappa shape index (κ2) is 6.27. The Balaban J connectivity index is 2.05. The minimum Gasteiger partial charge on any atom is -0.355 e. The van der Waals surface area contributed by atoms with E-state index in [1.807, 2.05) is 13.0 Å². The lowest BCUT2D eigenvalue weighted by atomic mass is 9.99. The van der Waals surface area contributed by atoms with Crippen molar-refractivity contribution in [1.82, 2.24) is 15.3 Å². The Labute approximate surface area is 139 Å². The van der Waals surface area contributed by atoms with Crippen LogP contribution in [0, 0.1) is 6.92 Å². The lowest BCUT2D eigenvalue weighted by molar-refractivity contribution is 0.0962. The molecule has 3 N–H and O–H groups in total. The lowest BCUT2D eigenvalue weighted by Gasteiger charge is -2.27. The van der Waals surface area contributed by atoms with E-state index in [9.17, 15) is 9.59 Å². The SMILES string of the molecule is CNC(=O)c1cnc(C)c(-c2cnc3c(c2)CCCN3C(N)=O)c1. The molecule has 2 aromatic heterocycles. The number of nitrogens with two attached hydrogens (primary N) is 1. The van der Waals surface area contributed by atoms with E-state index in [2.05, 4.69) is 15.3 Å². The average Bonchev–Trinajstić information content (AvgIpc) is 2.60. The highest BCUT2D eigenvalue weighted by Gasteiger charge is 2.22. The maximum Gasteiger partial charge on any atom is 0.320 e. The van der Waals surface area contributed by atoms with Gasteiger partial charge in [0.1, 0.15) is 5.82 Å². The zero-order chi connectivity index (χ0) is 17.3. The first-order chi connectivity index (χ1) is 11.5. The monoisotopic (exact) mass is 325 g/mol. The summed E-state index contributed by atoms with van der Waals surface area (Å²) in [6.07, 6.45) is 4.92. The van der Waals surface area contributed by atoms with Crippen LogP contribution in [0.3, 0.4) is 0 Å². The Bertz CT molecular complexity index is 819. The van der Waals surface area contributed by atoms with E-state index < -0.39 is 6.03 Å². The van der Waals surface area contributed by atoms with Crippen molar-refractivity contribution in [2.24, 2.45) is 5.73 Å². The van der Waals surface area contributed by atoms with Gasteiger partial charge >= 0.3 is 6.03 Å². The molecule has 0 radical (unpaired) electrons. The molecular formula is C17H19N5O2. The summed E-state index contributed by atoms with van der Waals surface area (Å²) in [7, 11) is 1.58. The molecule has 0 unspecified atom stereocenters. The van der Waals surface area contributed by atoms with Crippen LogP contribution in [0.5, 0.6) is 0 Å². The number of rotatable bonds is 2. The number of hydrogen-bond acceptors (Lipinski definition) is 4. The van der Waals surface area contributed by atoms with E-state index >= 15 is 0 Å². The van der Waals surface area contributed by atoms with E-state index in [4.69, 9.17) is 5.73 Å². The summed E-state index contributed by atoms with van der Waals surface area (Å²) in [6.45, 7) is 2.47. The van der Waals surface area contributed by atoms with E-state index in [0.29, 0.717) is 17.9 Å². The van der Waals surface area contributed by atoms with Gasteiger partial charge in [0, 0.05) is 42.8 Å². The zero-order valence-corrected chi connectivity index (χ0v) is 13.7. The molecule has 3 amide bonds. The number of urea groups is 1. The number of carbonyl (C=O) groups excluding carboxylic acids is 2. The Morgan fingerprint density at radius 2 is 2.04 bits per heavy atom. The van der Waals surface area contributed by atoms with Gasteiger partial charge in [-0.2, -0.15) is 0 Å². The first kappa shape index (κ1) is 15.9. The number of nitrogens with one attached hydrogen (secondary N) is 1. The number of primary amides is 1. The molecule has 0 aromatic carbocycles. The molecule has 3 heterocycles. The summed E-state index contributed by atoms with van der Waals surface area (Å²) in [5, 5.41) is 2.59.